The van der Waals surface area contributed by atoms with Gasteiger partial charge in [0.15, 0.2) is 5.78 Å². The molecule has 2 rings (SSSR count). The number of hydrogen-bond donors (Lipinski definition) is 1. The summed E-state index contributed by atoms with van der Waals surface area (Å²) in [5, 5.41) is 7.63. The Hall–Kier alpha value is -0.680. The number of aryl methyl sites for hydroxylation is 1. The van der Waals surface area contributed by atoms with Crippen molar-refractivity contribution in [3.8, 4) is 0 Å². The first-order valence-corrected chi connectivity index (χ1v) is 7.88. The van der Waals surface area contributed by atoms with Gasteiger partial charge in [0, 0.05) is 13.0 Å². The Kier molecular flexibility index (Phi) is 5.16. The van der Waals surface area contributed by atoms with Crippen LogP contribution in [0, 0.1) is 11.8 Å². The monoisotopic (exact) mass is 327 g/mol. The average molecular weight is 328 g/mol. The van der Waals surface area contributed by atoms with Crippen LogP contribution in [0.15, 0.2) is 10.7 Å². The minimum Gasteiger partial charge on any atom is -0.316 e. The van der Waals surface area contributed by atoms with Gasteiger partial charge in [0.05, 0.1) is 10.7 Å². The molecule has 106 valence electrons. The van der Waals surface area contributed by atoms with Gasteiger partial charge in [-0.2, -0.15) is 5.10 Å². The quantitative estimate of drug-likeness (QED) is 0.846. The maximum absolute atomic E-state index is 12.4. The highest BCUT2D eigenvalue weighted by atomic mass is 79.9. The van der Waals surface area contributed by atoms with Gasteiger partial charge in [-0.1, -0.05) is 6.92 Å². The fraction of sp³-hybridized carbons (Fsp3) is 0.714. The molecule has 2 heterocycles. The standard InChI is InChI=1S/C14H22BrN3O/c1-3-18-14(12(15)9-17-18)13(19)7-10(2)11-5-4-6-16-8-11/h9-11,16H,3-8H2,1-2H3. The summed E-state index contributed by atoms with van der Waals surface area (Å²) in [7, 11) is 0. The summed E-state index contributed by atoms with van der Waals surface area (Å²) in [6, 6.07) is 0. The maximum Gasteiger partial charge on any atom is 0.182 e. The minimum atomic E-state index is 0.198. The molecule has 0 aromatic carbocycles. The van der Waals surface area contributed by atoms with Gasteiger partial charge in [0.2, 0.25) is 0 Å². The summed E-state index contributed by atoms with van der Waals surface area (Å²) in [4.78, 5) is 12.4. The summed E-state index contributed by atoms with van der Waals surface area (Å²) in [6.07, 6.45) is 4.77. The molecule has 1 aliphatic heterocycles. The number of halogens is 1. The molecule has 1 N–H and O–H groups in total. The van der Waals surface area contributed by atoms with Crippen LogP contribution in [0.2, 0.25) is 0 Å². The minimum absolute atomic E-state index is 0.198. The van der Waals surface area contributed by atoms with Crippen molar-refractivity contribution in [2.75, 3.05) is 13.1 Å². The molecular weight excluding hydrogens is 306 g/mol. The lowest BCUT2D eigenvalue weighted by molar-refractivity contribution is 0.0931. The van der Waals surface area contributed by atoms with Gasteiger partial charge in [-0.05, 0) is 60.6 Å². The summed E-state index contributed by atoms with van der Waals surface area (Å²) in [5.74, 6) is 1.24. The molecule has 1 saturated heterocycles. The molecule has 19 heavy (non-hydrogen) atoms. The van der Waals surface area contributed by atoms with Crippen LogP contribution in [0.1, 0.15) is 43.6 Å². The zero-order valence-corrected chi connectivity index (χ0v) is 13.2. The van der Waals surface area contributed by atoms with Gasteiger partial charge in [-0.3, -0.25) is 9.48 Å². The van der Waals surface area contributed by atoms with Crippen molar-refractivity contribution < 1.29 is 4.79 Å². The SMILES string of the molecule is CCn1ncc(Br)c1C(=O)CC(C)C1CCCNC1. The fourth-order valence-electron chi connectivity index (χ4n) is 2.80. The predicted octanol–water partition coefficient (Wildman–Crippen LogP) is 2.87. The Balaban J connectivity index is 2.01. The van der Waals surface area contributed by atoms with E-state index >= 15 is 0 Å². The Morgan fingerprint density at radius 3 is 3.11 bits per heavy atom. The molecule has 0 spiro atoms. The van der Waals surface area contributed by atoms with Crippen molar-refractivity contribution in [3.05, 3.63) is 16.4 Å². The number of Topliss-reactive ketones (excluding diaryl/α,β-unsaturated/α-hetero) is 1. The molecule has 5 heteroatoms. The van der Waals surface area contributed by atoms with Crippen LogP contribution in [-0.2, 0) is 6.54 Å². The Labute approximate surface area is 123 Å². The van der Waals surface area contributed by atoms with Crippen LogP contribution in [0.5, 0.6) is 0 Å². The third kappa shape index (κ3) is 3.45. The second kappa shape index (κ2) is 6.66. The number of aromatic nitrogens is 2. The second-order valence-corrected chi connectivity index (χ2v) is 6.22. The molecule has 1 aliphatic rings. The second-order valence-electron chi connectivity index (χ2n) is 5.37. The van der Waals surface area contributed by atoms with Crippen LogP contribution in [0.25, 0.3) is 0 Å². The zero-order chi connectivity index (χ0) is 13.8. The zero-order valence-electron chi connectivity index (χ0n) is 11.7. The smallest absolute Gasteiger partial charge is 0.182 e. The number of nitrogens with one attached hydrogen (secondary N) is 1. The normalized spacial score (nSPS) is 21.3. The maximum atomic E-state index is 12.4. The molecule has 1 fully saturated rings. The highest BCUT2D eigenvalue weighted by molar-refractivity contribution is 9.10. The van der Waals surface area contributed by atoms with Gasteiger partial charge in [-0.15, -0.1) is 0 Å². The molecule has 4 nitrogen and oxygen atoms in total. The van der Waals surface area contributed by atoms with Crippen molar-refractivity contribution >= 4 is 21.7 Å². The van der Waals surface area contributed by atoms with Gasteiger partial charge >= 0.3 is 0 Å². The lowest BCUT2D eigenvalue weighted by atomic mass is 9.84. The fourth-order valence-corrected chi connectivity index (χ4v) is 3.32. The highest BCUT2D eigenvalue weighted by Gasteiger charge is 2.25. The average Bonchev–Trinajstić information content (AvgIpc) is 2.80. The molecule has 0 radical (unpaired) electrons. The van der Waals surface area contributed by atoms with E-state index in [0.717, 1.165) is 29.8 Å². The molecule has 1 aromatic heterocycles. The molecular formula is C14H22BrN3O. The number of piperidine rings is 1. The third-order valence-electron chi connectivity index (χ3n) is 4.01. The largest absolute Gasteiger partial charge is 0.316 e. The van der Waals surface area contributed by atoms with E-state index in [2.05, 4.69) is 33.3 Å². The number of ketones is 1. The van der Waals surface area contributed by atoms with E-state index in [1.54, 1.807) is 10.9 Å². The van der Waals surface area contributed by atoms with E-state index in [1.165, 1.54) is 12.8 Å². The summed E-state index contributed by atoms with van der Waals surface area (Å²) < 4.78 is 2.59. The van der Waals surface area contributed by atoms with Crippen LogP contribution < -0.4 is 5.32 Å². The van der Waals surface area contributed by atoms with E-state index < -0.39 is 0 Å². The third-order valence-corrected chi connectivity index (χ3v) is 4.59. The number of nitrogens with zero attached hydrogens (tertiary/aromatic N) is 2. The van der Waals surface area contributed by atoms with E-state index in [-0.39, 0.29) is 5.78 Å². The first kappa shape index (κ1) is 14.7. The molecule has 1 aromatic rings. The lowest BCUT2D eigenvalue weighted by Crippen LogP contribution is -2.34. The van der Waals surface area contributed by atoms with Crippen LogP contribution in [0.3, 0.4) is 0 Å². The Bertz CT molecular complexity index is 438. The molecule has 2 unspecified atom stereocenters. The summed E-state index contributed by atoms with van der Waals surface area (Å²) >= 11 is 3.43. The predicted molar refractivity (Wildman–Crippen MR) is 79.3 cm³/mol. The summed E-state index contributed by atoms with van der Waals surface area (Å²) in [6.45, 7) is 7.08. The Morgan fingerprint density at radius 1 is 1.68 bits per heavy atom. The van der Waals surface area contributed by atoms with Crippen LogP contribution in [-0.4, -0.2) is 28.7 Å². The van der Waals surface area contributed by atoms with E-state index in [1.807, 2.05) is 6.92 Å². The summed E-state index contributed by atoms with van der Waals surface area (Å²) in [5.41, 5.74) is 0.720. The molecule has 2 atom stereocenters. The first-order chi connectivity index (χ1) is 9.13. The van der Waals surface area contributed by atoms with Gasteiger partial charge in [0.1, 0.15) is 5.69 Å². The van der Waals surface area contributed by atoms with Gasteiger partial charge < -0.3 is 5.32 Å². The van der Waals surface area contributed by atoms with Crippen LogP contribution in [0.4, 0.5) is 0 Å². The van der Waals surface area contributed by atoms with Crippen molar-refractivity contribution in [1.29, 1.82) is 0 Å². The van der Waals surface area contributed by atoms with Crippen LogP contribution >= 0.6 is 15.9 Å². The van der Waals surface area contributed by atoms with E-state index in [4.69, 9.17) is 0 Å². The topological polar surface area (TPSA) is 46.9 Å². The number of carbonyl (C=O) groups is 1. The van der Waals surface area contributed by atoms with Gasteiger partial charge in [0.25, 0.3) is 0 Å². The van der Waals surface area contributed by atoms with E-state index in [9.17, 15) is 4.79 Å². The van der Waals surface area contributed by atoms with Crippen molar-refractivity contribution in [1.82, 2.24) is 15.1 Å². The molecule has 0 saturated carbocycles. The number of rotatable bonds is 5. The van der Waals surface area contributed by atoms with Gasteiger partial charge in [-0.25, -0.2) is 0 Å². The molecule has 0 bridgehead atoms. The van der Waals surface area contributed by atoms with E-state index in [0.29, 0.717) is 18.3 Å². The number of hydrogen-bond acceptors (Lipinski definition) is 3. The number of carbonyl (C=O) groups excluding carboxylic acids is 1. The highest BCUT2D eigenvalue weighted by Crippen LogP contribution is 2.26. The molecule has 0 aliphatic carbocycles. The van der Waals surface area contributed by atoms with Crippen molar-refractivity contribution in [3.63, 3.8) is 0 Å². The lowest BCUT2D eigenvalue weighted by Gasteiger charge is -2.28. The Morgan fingerprint density at radius 2 is 2.47 bits per heavy atom. The first-order valence-electron chi connectivity index (χ1n) is 7.08. The molecule has 0 amide bonds. The van der Waals surface area contributed by atoms with Crippen molar-refractivity contribution in [2.24, 2.45) is 11.8 Å². The van der Waals surface area contributed by atoms with Crippen molar-refractivity contribution in [2.45, 2.75) is 39.7 Å².